The number of carbonyl (C=O) groups excluding carboxylic acids is 1. The van der Waals surface area contributed by atoms with Crippen LogP contribution in [0.1, 0.15) is 15.9 Å². The molecular weight excluding hydrogens is 244 g/mol. The van der Waals surface area contributed by atoms with Crippen LogP contribution in [0.25, 0.3) is 0 Å². The van der Waals surface area contributed by atoms with Gasteiger partial charge in [-0.25, -0.2) is 0 Å². The van der Waals surface area contributed by atoms with Crippen molar-refractivity contribution in [2.75, 3.05) is 33.4 Å². The third-order valence-corrected chi connectivity index (χ3v) is 3.22. The number of nitrogens with zero attached hydrogens (tertiary/aromatic N) is 1. The minimum atomic E-state index is -0.0361. The summed E-state index contributed by atoms with van der Waals surface area (Å²) < 4.78 is 10.6. The van der Waals surface area contributed by atoms with Crippen LogP contribution in [-0.2, 0) is 16.0 Å². The van der Waals surface area contributed by atoms with Crippen LogP contribution < -0.4 is 5.73 Å². The lowest BCUT2D eigenvalue weighted by Gasteiger charge is -2.32. The minimum absolute atomic E-state index is 0.0352. The monoisotopic (exact) mass is 264 g/mol. The highest BCUT2D eigenvalue weighted by atomic mass is 16.5. The van der Waals surface area contributed by atoms with Gasteiger partial charge in [-0.2, -0.15) is 0 Å². The van der Waals surface area contributed by atoms with Crippen LogP contribution in [0.5, 0.6) is 0 Å². The van der Waals surface area contributed by atoms with Crippen molar-refractivity contribution >= 4 is 5.91 Å². The van der Waals surface area contributed by atoms with Gasteiger partial charge < -0.3 is 20.1 Å². The topological polar surface area (TPSA) is 64.8 Å². The molecule has 0 aromatic heterocycles. The molecule has 0 unspecified atom stereocenters. The molecule has 1 aromatic carbocycles. The maximum absolute atomic E-state index is 12.3. The van der Waals surface area contributed by atoms with Crippen molar-refractivity contribution in [3.63, 3.8) is 0 Å². The van der Waals surface area contributed by atoms with E-state index < -0.39 is 0 Å². The smallest absolute Gasteiger partial charge is 0.254 e. The number of benzene rings is 1. The van der Waals surface area contributed by atoms with Crippen LogP contribution in [0.15, 0.2) is 24.3 Å². The van der Waals surface area contributed by atoms with E-state index in [4.69, 9.17) is 15.2 Å². The zero-order chi connectivity index (χ0) is 13.7. The molecule has 0 bridgehead atoms. The number of nitrogens with two attached hydrogens (primary N) is 1. The summed E-state index contributed by atoms with van der Waals surface area (Å²) in [6.45, 7) is 2.75. The number of rotatable bonds is 4. The molecule has 19 heavy (non-hydrogen) atoms. The maximum Gasteiger partial charge on any atom is 0.254 e. The molecule has 104 valence electrons. The summed E-state index contributed by atoms with van der Waals surface area (Å²) >= 11 is 0. The summed E-state index contributed by atoms with van der Waals surface area (Å²) in [6, 6.07) is 7.43. The number of hydrogen-bond donors (Lipinski definition) is 1. The number of carbonyl (C=O) groups is 1. The molecular formula is C14H20N2O3. The molecule has 5 nitrogen and oxygen atoms in total. The fraction of sp³-hybridized carbons (Fsp3) is 0.500. The molecule has 0 saturated carbocycles. The van der Waals surface area contributed by atoms with Crippen molar-refractivity contribution < 1.29 is 14.3 Å². The average Bonchev–Trinajstić information content (AvgIpc) is 2.47. The first-order chi connectivity index (χ1) is 9.24. The normalized spacial score (nSPS) is 19.5. The molecule has 2 N–H and O–H groups in total. The maximum atomic E-state index is 12.3. The van der Waals surface area contributed by atoms with E-state index in [0.717, 1.165) is 5.56 Å². The average molecular weight is 264 g/mol. The standard InChI is InChI=1S/C14H20N2O3/c1-18-10-13-9-16(6-7-19-13)14(17)12-4-2-11(8-15)3-5-12/h2-5,13H,6-10,15H2,1H3/t13-/m0/s1. The molecule has 5 heteroatoms. The Bertz CT molecular complexity index is 417. The van der Waals surface area contributed by atoms with Crippen LogP contribution >= 0.6 is 0 Å². The molecule has 2 rings (SSSR count). The molecule has 1 saturated heterocycles. The fourth-order valence-electron chi connectivity index (χ4n) is 2.16. The van der Waals surface area contributed by atoms with Gasteiger partial charge in [0.2, 0.25) is 0 Å². The molecule has 1 atom stereocenters. The predicted octanol–water partition coefficient (Wildman–Crippen LogP) is 0.633. The second-order valence-electron chi connectivity index (χ2n) is 4.60. The first kappa shape index (κ1) is 14.0. The lowest BCUT2D eigenvalue weighted by atomic mass is 10.1. The second-order valence-corrected chi connectivity index (χ2v) is 4.60. The summed E-state index contributed by atoms with van der Waals surface area (Å²) in [5.74, 6) is 0.0352. The van der Waals surface area contributed by atoms with Gasteiger partial charge >= 0.3 is 0 Å². The molecule has 1 heterocycles. The molecule has 0 aliphatic carbocycles. The molecule has 1 aliphatic rings. The number of ether oxygens (including phenoxy) is 2. The molecule has 1 fully saturated rings. The Balaban J connectivity index is 2.01. The summed E-state index contributed by atoms with van der Waals surface area (Å²) in [5, 5.41) is 0. The van der Waals surface area contributed by atoms with Gasteiger partial charge in [0.05, 0.1) is 19.3 Å². The Morgan fingerprint density at radius 3 is 2.84 bits per heavy atom. The lowest BCUT2D eigenvalue weighted by molar-refractivity contribution is -0.0531. The molecule has 0 spiro atoms. The van der Waals surface area contributed by atoms with Gasteiger partial charge in [0.15, 0.2) is 0 Å². The van der Waals surface area contributed by atoms with Crippen LogP contribution in [0.2, 0.25) is 0 Å². The van der Waals surface area contributed by atoms with Crippen molar-refractivity contribution in [3.05, 3.63) is 35.4 Å². The van der Waals surface area contributed by atoms with E-state index in [1.54, 1.807) is 7.11 Å². The number of hydrogen-bond acceptors (Lipinski definition) is 4. The Hall–Kier alpha value is -1.43. The predicted molar refractivity (Wildman–Crippen MR) is 71.9 cm³/mol. The van der Waals surface area contributed by atoms with E-state index in [1.807, 2.05) is 29.2 Å². The van der Waals surface area contributed by atoms with E-state index in [1.165, 1.54) is 0 Å². The quantitative estimate of drug-likeness (QED) is 0.866. The summed E-state index contributed by atoms with van der Waals surface area (Å²) in [5.41, 5.74) is 7.26. The number of morpholine rings is 1. The summed E-state index contributed by atoms with van der Waals surface area (Å²) in [7, 11) is 1.63. The van der Waals surface area contributed by atoms with E-state index in [0.29, 0.717) is 38.4 Å². The van der Waals surface area contributed by atoms with E-state index in [2.05, 4.69) is 0 Å². The van der Waals surface area contributed by atoms with Crippen molar-refractivity contribution in [3.8, 4) is 0 Å². The van der Waals surface area contributed by atoms with Crippen LogP contribution in [0.3, 0.4) is 0 Å². The minimum Gasteiger partial charge on any atom is -0.382 e. The van der Waals surface area contributed by atoms with E-state index in [9.17, 15) is 4.79 Å². The first-order valence-electron chi connectivity index (χ1n) is 6.43. The van der Waals surface area contributed by atoms with Crippen molar-refractivity contribution in [1.29, 1.82) is 0 Å². The van der Waals surface area contributed by atoms with E-state index >= 15 is 0 Å². The van der Waals surface area contributed by atoms with Gasteiger partial charge in [0.25, 0.3) is 5.91 Å². The molecule has 1 amide bonds. The van der Waals surface area contributed by atoms with Gasteiger partial charge in [0.1, 0.15) is 0 Å². The van der Waals surface area contributed by atoms with Gasteiger partial charge in [-0.1, -0.05) is 12.1 Å². The number of methoxy groups -OCH3 is 1. The lowest BCUT2D eigenvalue weighted by Crippen LogP contribution is -2.47. The van der Waals surface area contributed by atoms with E-state index in [-0.39, 0.29) is 12.0 Å². The highest BCUT2D eigenvalue weighted by Gasteiger charge is 2.24. The highest BCUT2D eigenvalue weighted by Crippen LogP contribution is 2.12. The SMILES string of the molecule is COC[C@@H]1CN(C(=O)c2ccc(CN)cc2)CCO1. The van der Waals surface area contributed by atoms with Crippen LogP contribution in [-0.4, -0.2) is 50.3 Å². The summed E-state index contributed by atoms with van der Waals surface area (Å²) in [4.78, 5) is 14.2. The Morgan fingerprint density at radius 1 is 1.47 bits per heavy atom. The van der Waals surface area contributed by atoms with Crippen LogP contribution in [0, 0.1) is 0 Å². The summed E-state index contributed by atoms with van der Waals surface area (Å²) in [6.07, 6.45) is -0.0361. The highest BCUT2D eigenvalue weighted by molar-refractivity contribution is 5.94. The fourth-order valence-corrected chi connectivity index (χ4v) is 2.16. The van der Waals surface area contributed by atoms with Gasteiger partial charge in [0, 0.05) is 32.3 Å². The second kappa shape index (κ2) is 6.65. The third-order valence-electron chi connectivity index (χ3n) is 3.22. The van der Waals surface area contributed by atoms with Crippen molar-refractivity contribution in [2.45, 2.75) is 12.6 Å². The molecule has 0 radical (unpaired) electrons. The Labute approximate surface area is 113 Å². The van der Waals surface area contributed by atoms with Crippen molar-refractivity contribution in [2.24, 2.45) is 5.73 Å². The molecule has 1 aliphatic heterocycles. The van der Waals surface area contributed by atoms with Gasteiger partial charge in [-0.05, 0) is 17.7 Å². The zero-order valence-electron chi connectivity index (χ0n) is 11.2. The third kappa shape index (κ3) is 3.53. The number of amides is 1. The van der Waals surface area contributed by atoms with Gasteiger partial charge in [-0.15, -0.1) is 0 Å². The largest absolute Gasteiger partial charge is 0.382 e. The van der Waals surface area contributed by atoms with Gasteiger partial charge in [-0.3, -0.25) is 4.79 Å². The first-order valence-corrected chi connectivity index (χ1v) is 6.43. The Morgan fingerprint density at radius 2 is 2.21 bits per heavy atom. The Kier molecular flexibility index (Phi) is 4.90. The van der Waals surface area contributed by atoms with Crippen molar-refractivity contribution in [1.82, 2.24) is 4.90 Å². The van der Waals surface area contributed by atoms with Crippen LogP contribution in [0.4, 0.5) is 0 Å². The zero-order valence-corrected chi connectivity index (χ0v) is 11.2. The molecule has 1 aromatic rings.